The number of fused-ring (bicyclic) bond motifs is 1. The van der Waals surface area contributed by atoms with Gasteiger partial charge in [0.15, 0.2) is 0 Å². The van der Waals surface area contributed by atoms with Crippen molar-refractivity contribution in [1.29, 1.82) is 0 Å². The van der Waals surface area contributed by atoms with E-state index in [4.69, 9.17) is 16.3 Å². The van der Waals surface area contributed by atoms with E-state index >= 15 is 0 Å². The number of aromatic nitrogens is 1. The molecular weight excluding hydrogens is 484 g/mol. The molecule has 0 spiro atoms. The quantitative estimate of drug-likeness (QED) is 0.479. The van der Waals surface area contributed by atoms with Crippen molar-refractivity contribution in [3.63, 3.8) is 0 Å². The van der Waals surface area contributed by atoms with Crippen molar-refractivity contribution in [3.8, 4) is 5.75 Å². The summed E-state index contributed by atoms with van der Waals surface area (Å²) in [6.07, 6.45) is 1.02. The molecule has 33 heavy (non-hydrogen) atoms. The van der Waals surface area contributed by atoms with Gasteiger partial charge in [0.25, 0.3) is 5.91 Å². The number of benzene rings is 2. The molecule has 11 heteroatoms. The second-order valence-electron chi connectivity index (χ2n) is 8.32. The minimum Gasteiger partial charge on any atom is -0.494 e. The van der Waals surface area contributed by atoms with Gasteiger partial charge < -0.3 is 4.74 Å². The van der Waals surface area contributed by atoms with E-state index < -0.39 is 15.9 Å². The van der Waals surface area contributed by atoms with Gasteiger partial charge in [-0.05, 0) is 54.7 Å². The number of thiazole rings is 1. The van der Waals surface area contributed by atoms with Gasteiger partial charge in [-0.25, -0.2) is 13.4 Å². The Kier molecular flexibility index (Phi) is 6.81. The van der Waals surface area contributed by atoms with E-state index in [-0.39, 0.29) is 4.90 Å². The summed E-state index contributed by atoms with van der Waals surface area (Å²) < 4.78 is 33.6. The number of carbonyl (C=O) groups is 1. The van der Waals surface area contributed by atoms with Crippen LogP contribution in [0.1, 0.15) is 30.6 Å². The van der Waals surface area contributed by atoms with E-state index in [1.54, 1.807) is 19.2 Å². The third-order valence-corrected chi connectivity index (χ3v) is 8.83. The van der Waals surface area contributed by atoms with E-state index in [9.17, 15) is 13.2 Å². The molecule has 2 aromatic carbocycles. The number of anilines is 1. The summed E-state index contributed by atoms with van der Waals surface area (Å²) in [5, 5.41) is 0.981. The summed E-state index contributed by atoms with van der Waals surface area (Å²) in [5.41, 5.74) is 6.28. The summed E-state index contributed by atoms with van der Waals surface area (Å²) in [7, 11) is -2.05. The molecule has 1 fully saturated rings. The molecule has 2 N–H and O–H groups in total. The number of rotatable bonds is 6. The largest absolute Gasteiger partial charge is 0.494 e. The average molecular weight is 509 g/mol. The molecule has 8 nitrogen and oxygen atoms in total. The Balaban J connectivity index is 1.45. The van der Waals surface area contributed by atoms with Crippen molar-refractivity contribution in [3.05, 3.63) is 47.0 Å². The van der Waals surface area contributed by atoms with Crippen LogP contribution in [0.4, 0.5) is 5.13 Å². The maximum Gasteiger partial charge on any atom is 0.269 e. The molecule has 0 bridgehead atoms. The predicted octanol–water partition coefficient (Wildman–Crippen LogP) is 4.38. The number of ether oxygens (including phenoxy) is 1. The molecule has 4 rings (SSSR count). The number of carbonyl (C=O) groups excluding carboxylic acids is 1. The topological polar surface area (TPSA) is 101 Å². The Morgan fingerprint density at radius 3 is 2.45 bits per heavy atom. The van der Waals surface area contributed by atoms with Crippen molar-refractivity contribution in [2.45, 2.75) is 25.2 Å². The van der Waals surface area contributed by atoms with E-state index in [1.807, 2.05) is 0 Å². The van der Waals surface area contributed by atoms with Crippen LogP contribution in [0.5, 0.6) is 5.75 Å². The van der Waals surface area contributed by atoms with E-state index in [0.717, 1.165) is 11.1 Å². The Morgan fingerprint density at radius 1 is 1.15 bits per heavy atom. The van der Waals surface area contributed by atoms with Gasteiger partial charge in [-0.15, -0.1) is 0 Å². The summed E-state index contributed by atoms with van der Waals surface area (Å²) in [4.78, 5) is 17.2. The number of hydrazine groups is 1. The van der Waals surface area contributed by atoms with Gasteiger partial charge in [0, 0.05) is 18.7 Å². The first-order valence-corrected chi connectivity index (χ1v) is 13.1. The van der Waals surface area contributed by atoms with Gasteiger partial charge in [-0.1, -0.05) is 36.8 Å². The zero-order valence-electron chi connectivity index (χ0n) is 18.5. The molecule has 176 valence electrons. The average Bonchev–Trinajstić information content (AvgIpc) is 3.22. The van der Waals surface area contributed by atoms with Crippen LogP contribution in [-0.4, -0.2) is 43.8 Å². The van der Waals surface area contributed by atoms with Crippen molar-refractivity contribution in [2.24, 2.45) is 11.8 Å². The molecule has 3 aromatic rings. The summed E-state index contributed by atoms with van der Waals surface area (Å²) in [5.74, 6) is 0.796. The Labute approximate surface area is 201 Å². The molecule has 2 unspecified atom stereocenters. The van der Waals surface area contributed by atoms with Gasteiger partial charge in [0.1, 0.15) is 11.3 Å². The summed E-state index contributed by atoms with van der Waals surface area (Å²) in [6, 6.07) is 9.39. The SMILES string of the molecule is COc1ccc(Cl)c2sc(NNC(=O)c3ccc(S(=O)(=O)N4CC(C)CC(C)C4)cc3)nc12. The normalized spacial score (nSPS) is 19.4. The monoisotopic (exact) mass is 508 g/mol. The summed E-state index contributed by atoms with van der Waals surface area (Å²) in [6.45, 7) is 5.15. The predicted molar refractivity (Wildman–Crippen MR) is 130 cm³/mol. The number of piperidine rings is 1. The van der Waals surface area contributed by atoms with Crippen molar-refractivity contribution in [2.75, 3.05) is 25.6 Å². The number of halogens is 1. The molecule has 1 aromatic heterocycles. The molecule has 1 saturated heterocycles. The number of hydrogen-bond acceptors (Lipinski definition) is 7. The minimum atomic E-state index is -3.60. The van der Waals surface area contributed by atoms with Crippen LogP contribution >= 0.6 is 22.9 Å². The second kappa shape index (κ2) is 9.46. The van der Waals surface area contributed by atoms with Crippen LogP contribution in [0.2, 0.25) is 5.02 Å². The van der Waals surface area contributed by atoms with Crippen LogP contribution in [0.15, 0.2) is 41.3 Å². The van der Waals surface area contributed by atoms with Crippen LogP contribution in [0.25, 0.3) is 10.2 Å². The van der Waals surface area contributed by atoms with Crippen LogP contribution < -0.4 is 15.6 Å². The third kappa shape index (κ3) is 4.93. The molecule has 1 aliphatic rings. The fourth-order valence-electron chi connectivity index (χ4n) is 4.08. The van der Waals surface area contributed by atoms with Gasteiger partial charge in [-0.3, -0.25) is 15.6 Å². The third-order valence-electron chi connectivity index (χ3n) is 5.55. The van der Waals surface area contributed by atoms with Gasteiger partial charge in [0.2, 0.25) is 15.2 Å². The number of nitrogens with one attached hydrogen (secondary N) is 2. The minimum absolute atomic E-state index is 0.182. The Hall–Kier alpha value is -2.40. The molecule has 2 atom stereocenters. The highest BCUT2D eigenvalue weighted by atomic mass is 35.5. The Bertz CT molecular complexity index is 1270. The lowest BCUT2D eigenvalue weighted by atomic mass is 9.94. The van der Waals surface area contributed by atoms with Crippen LogP contribution in [0.3, 0.4) is 0 Å². The number of sulfonamides is 1. The number of amides is 1. The molecular formula is C22H25ClN4O4S2. The first-order valence-electron chi connectivity index (χ1n) is 10.5. The Morgan fingerprint density at radius 2 is 1.82 bits per heavy atom. The molecule has 0 radical (unpaired) electrons. The van der Waals surface area contributed by atoms with Crippen molar-refractivity contribution in [1.82, 2.24) is 14.7 Å². The van der Waals surface area contributed by atoms with E-state index in [1.165, 1.54) is 39.9 Å². The van der Waals surface area contributed by atoms with E-state index in [2.05, 4.69) is 29.7 Å². The van der Waals surface area contributed by atoms with Crippen LogP contribution in [0, 0.1) is 11.8 Å². The van der Waals surface area contributed by atoms with E-state index in [0.29, 0.717) is 51.9 Å². The highest BCUT2D eigenvalue weighted by Crippen LogP contribution is 2.37. The lowest BCUT2D eigenvalue weighted by Gasteiger charge is -2.34. The molecule has 2 heterocycles. The van der Waals surface area contributed by atoms with Gasteiger partial charge in [-0.2, -0.15) is 4.31 Å². The number of methoxy groups -OCH3 is 1. The zero-order valence-corrected chi connectivity index (χ0v) is 20.9. The molecule has 0 saturated carbocycles. The fraction of sp³-hybridized carbons (Fsp3) is 0.364. The maximum absolute atomic E-state index is 13.0. The van der Waals surface area contributed by atoms with Crippen molar-refractivity contribution >= 4 is 54.2 Å². The standard InChI is InChI=1S/C22H25ClN4O4S2/c1-13-10-14(2)12-27(11-13)33(29,30)16-6-4-15(5-7-16)21(28)25-26-22-24-19-18(31-3)9-8-17(23)20(19)32-22/h4-9,13-14H,10-12H2,1-3H3,(H,24,26)(H,25,28). The van der Waals surface area contributed by atoms with Crippen LogP contribution in [-0.2, 0) is 10.0 Å². The lowest BCUT2D eigenvalue weighted by molar-refractivity contribution is 0.0962. The highest BCUT2D eigenvalue weighted by Gasteiger charge is 2.31. The fourth-order valence-corrected chi connectivity index (χ4v) is 6.87. The van der Waals surface area contributed by atoms with Crippen molar-refractivity contribution < 1.29 is 17.9 Å². The highest BCUT2D eigenvalue weighted by molar-refractivity contribution is 7.89. The molecule has 0 aliphatic carbocycles. The second-order valence-corrected chi connectivity index (χ2v) is 11.7. The smallest absolute Gasteiger partial charge is 0.269 e. The van der Waals surface area contributed by atoms with Gasteiger partial charge >= 0.3 is 0 Å². The first-order chi connectivity index (χ1) is 15.7. The summed E-state index contributed by atoms with van der Waals surface area (Å²) >= 11 is 7.51. The molecule has 1 aliphatic heterocycles. The maximum atomic E-state index is 13.0. The molecule has 1 amide bonds. The number of nitrogens with zero attached hydrogens (tertiary/aromatic N) is 2. The van der Waals surface area contributed by atoms with Gasteiger partial charge in [0.05, 0.1) is 21.7 Å². The lowest BCUT2D eigenvalue weighted by Crippen LogP contribution is -2.42. The zero-order chi connectivity index (χ0) is 23.8. The number of hydrogen-bond donors (Lipinski definition) is 2. The first kappa shape index (κ1) is 23.7.